The first-order valence-corrected chi connectivity index (χ1v) is 11.2. The van der Waals surface area contributed by atoms with Crippen LogP contribution >= 0.6 is 23.2 Å². The van der Waals surface area contributed by atoms with Crippen LogP contribution in [-0.2, 0) is 19.6 Å². The number of rotatable bonds is 7. The number of hydrogen-bond acceptors (Lipinski definition) is 1. The molecular formula is C26H22Cl2FN3O. The molecule has 4 rings (SSSR count). The summed E-state index contributed by atoms with van der Waals surface area (Å²) in [7, 11) is 0. The third kappa shape index (κ3) is 5.95. The minimum atomic E-state index is -0.316. The number of carbonyl (C=O) groups is 1. The van der Waals surface area contributed by atoms with Gasteiger partial charge in [0.1, 0.15) is 5.82 Å². The Kier molecular flexibility index (Phi) is 7.33. The van der Waals surface area contributed by atoms with Crippen molar-refractivity contribution in [2.24, 2.45) is 0 Å². The van der Waals surface area contributed by atoms with Crippen molar-refractivity contribution in [3.05, 3.63) is 124 Å². The molecule has 1 N–H and O–H groups in total. The summed E-state index contributed by atoms with van der Waals surface area (Å²) in [6, 6.07) is 24.8. The number of benzene rings is 3. The number of amides is 2. The average Bonchev–Trinajstić information content (AvgIpc) is 3.24. The van der Waals surface area contributed by atoms with Gasteiger partial charge in [-0.3, -0.25) is 0 Å². The number of halogens is 3. The number of para-hydroxylation sites is 1. The Bertz CT molecular complexity index is 1210. The van der Waals surface area contributed by atoms with Crippen LogP contribution in [0.15, 0.2) is 91.1 Å². The van der Waals surface area contributed by atoms with Gasteiger partial charge in [0, 0.05) is 25.0 Å². The molecule has 3 aromatic carbocycles. The highest BCUT2D eigenvalue weighted by Crippen LogP contribution is 2.30. The molecule has 0 atom stereocenters. The monoisotopic (exact) mass is 481 g/mol. The van der Waals surface area contributed by atoms with Crippen molar-refractivity contribution in [2.45, 2.75) is 19.6 Å². The van der Waals surface area contributed by atoms with Gasteiger partial charge in [0.15, 0.2) is 0 Å². The summed E-state index contributed by atoms with van der Waals surface area (Å²) < 4.78 is 15.3. The summed E-state index contributed by atoms with van der Waals surface area (Å²) in [4.78, 5) is 15.0. The summed E-state index contributed by atoms with van der Waals surface area (Å²) in [6.45, 7) is 1.33. The summed E-state index contributed by atoms with van der Waals surface area (Å²) in [5.41, 5.74) is 3.28. The SMILES string of the molecule is O=C(Nc1c(Cl)cccc1Cl)N(Cc1ccccc1)Cc1cccn1Cc1ccc(F)cc1. The molecule has 0 bridgehead atoms. The van der Waals surface area contributed by atoms with Crippen molar-refractivity contribution in [1.82, 2.24) is 9.47 Å². The first kappa shape index (κ1) is 22.9. The van der Waals surface area contributed by atoms with Crippen molar-refractivity contribution in [3.63, 3.8) is 0 Å². The zero-order valence-corrected chi connectivity index (χ0v) is 19.2. The number of nitrogens with zero attached hydrogens (tertiary/aromatic N) is 2. The third-order valence-corrected chi connectivity index (χ3v) is 5.87. The Morgan fingerprint density at radius 2 is 1.52 bits per heavy atom. The minimum absolute atomic E-state index is 0.268. The molecule has 7 heteroatoms. The molecule has 0 aliphatic rings. The average molecular weight is 482 g/mol. The number of urea groups is 1. The maximum absolute atomic E-state index is 13.3. The minimum Gasteiger partial charge on any atom is -0.345 e. The number of carbonyl (C=O) groups excluding carboxylic acids is 1. The molecule has 0 unspecified atom stereocenters. The van der Waals surface area contributed by atoms with Crippen molar-refractivity contribution in [1.29, 1.82) is 0 Å². The van der Waals surface area contributed by atoms with E-state index in [-0.39, 0.29) is 11.8 Å². The molecule has 0 aliphatic carbocycles. The van der Waals surface area contributed by atoms with Crippen molar-refractivity contribution in [3.8, 4) is 0 Å². The second-order valence-electron chi connectivity index (χ2n) is 7.62. The number of anilines is 1. The molecule has 4 aromatic rings. The maximum Gasteiger partial charge on any atom is 0.322 e. The summed E-state index contributed by atoms with van der Waals surface area (Å²) in [5, 5.41) is 3.60. The topological polar surface area (TPSA) is 37.3 Å². The highest BCUT2D eigenvalue weighted by atomic mass is 35.5. The zero-order chi connectivity index (χ0) is 23.2. The summed E-state index contributed by atoms with van der Waals surface area (Å²) in [6.07, 6.45) is 1.95. The molecule has 0 spiro atoms. The molecule has 2 amide bonds. The van der Waals surface area contributed by atoms with Gasteiger partial charge in [-0.2, -0.15) is 0 Å². The number of nitrogens with one attached hydrogen (secondary N) is 1. The van der Waals surface area contributed by atoms with Crippen LogP contribution in [0.4, 0.5) is 14.9 Å². The number of aromatic nitrogens is 1. The van der Waals surface area contributed by atoms with Gasteiger partial charge < -0.3 is 14.8 Å². The molecule has 1 heterocycles. The standard InChI is InChI=1S/C26H22Cl2FN3O/c27-23-9-4-10-24(28)25(23)30-26(33)32(17-19-6-2-1-3-7-19)18-22-8-5-15-31(22)16-20-11-13-21(29)14-12-20/h1-15H,16-18H2,(H,30,33). The van der Waals surface area contributed by atoms with E-state index in [0.29, 0.717) is 35.4 Å². The van der Waals surface area contributed by atoms with Crippen LogP contribution < -0.4 is 5.32 Å². The van der Waals surface area contributed by atoms with Gasteiger partial charge in [-0.1, -0.05) is 71.7 Å². The van der Waals surface area contributed by atoms with Gasteiger partial charge in [-0.05, 0) is 47.5 Å². The molecule has 4 nitrogen and oxygen atoms in total. The second kappa shape index (κ2) is 10.6. The van der Waals surface area contributed by atoms with E-state index >= 15 is 0 Å². The molecule has 0 saturated carbocycles. The Balaban J connectivity index is 1.57. The van der Waals surface area contributed by atoms with Gasteiger partial charge in [0.2, 0.25) is 0 Å². The van der Waals surface area contributed by atoms with Crippen LogP contribution in [0.3, 0.4) is 0 Å². The molecule has 168 valence electrons. The molecule has 0 radical (unpaired) electrons. The normalized spacial score (nSPS) is 10.8. The lowest BCUT2D eigenvalue weighted by Crippen LogP contribution is -2.35. The van der Waals surface area contributed by atoms with Gasteiger partial charge in [0.05, 0.1) is 22.3 Å². The smallest absolute Gasteiger partial charge is 0.322 e. The van der Waals surface area contributed by atoms with Gasteiger partial charge in [-0.25, -0.2) is 9.18 Å². The van der Waals surface area contributed by atoms with E-state index in [1.54, 1.807) is 35.2 Å². The molecule has 0 fully saturated rings. The highest BCUT2D eigenvalue weighted by Gasteiger charge is 2.19. The lowest BCUT2D eigenvalue weighted by Gasteiger charge is -2.25. The first-order valence-electron chi connectivity index (χ1n) is 10.4. The van der Waals surface area contributed by atoms with E-state index in [9.17, 15) is 9.18 Å². The predicted octanol–water partition coefficient (Wildman–Crippen LogP) is 7.22. The van der Waals surface area contributed by atoms with Crippen molar-refractivity contribution in [2.75, 3.05) is 5.32 Å². The maximum atomic E-state index is 13.3. The van der Waals surface area contributed by atoms with Crippen molar-refractivity contribution < 1.29 is 9.18 Å². The predicted molar refractivity (Wildman–Crippen MR) is 131 cm³/mol. The quantitative estimate of drug-likeness (QED) is 0.297. The van der Waals surface area contributed by atoms with E-state index in [2.05, 4.69) is 5.32 Å². The molecule has 0 saturated heterocycles. The van der Waals surface area contributed by atoms with E-state index in [0.717, 1.165) is 16.8 Å². The van der Waals surface area contributed by atoms with Crippen LogP contribution in [0.1, 0.15) is 16.8 Å². The fourth-order valence-electron chi connectivity index (χ4n) is 3.54. The fraction of sp³-hybridized carbons (Fsp3) is 0.115. The van der Waals surface area contributed by atoms with E-state index in [1.165, 1.54) is 12.1 Å². The lowest BCUT2D eigenvalue weighted by molar-refractivity contribution is 0.205. The lowest BCUT2D eigenvalue weighted by atomic mass is 10.2. The van der Waals surface area contributed by atoms with Gasteiger partial charge in [0.25, 0.3) is 0 Å². The van der Waals surface area contributed by atoms with Crippen LogP contribution in [0.5, 0.6) is 0 Å². The van der Waals surface area contributed by atoms with Crippen LogP contribution in [0.2, 0.25) is 10.0 Å². The van der Waals surface area contributed by atoms with Gasteiger partial charge >= 0.3 is 6.03 Å². The van der Waals surface area contributed by atoms with Crippen LogP contribution in [0, 0.1) is 5.82 Å². The Morgan fingerprint density at radius 3 is 2.21 bits per heavy atom. The fourth-order valence-corrected chi connectivity index (χ4v) is 4.03. The third-order valence-electron chi connectivity index (χ3n) is 5.24. The van der Waals surface area contributed by atoms with E-state index in [4.69, 9.17) is 23.2 Å². The molecule has 33 heavy (non-hydrogen) atoms. The Labute approximate surface area is 202 Å². The van der Waals surface area contributed by atoms with E-state index in [1.807, 2.05) is 53.2 Å². The molecule has 0 aliphatic heterocycles. The van der Waals surface area contributed by atoms with Gasteiger partial charge in [-0.15, -0.1) is 0 Å². The summed E-state index contributed by atoms with van der Waals surface area (Å²) >= 11 is 12.5. The largest absolute Gasteiger partial charge is 0.345 e. The molecular weight excluding hydrogens is 460 g/mol. The summed E-state index contributed by atoms with van der Waals surface area (Å²) in [5.74, 6) is -0.268. The second-order valence-corrected chi connectivity index (χ2v) is 8.44. The van der Waals surface area contributed by atoms with Crippen molar-refractivity contribution >= 4 is 34.9 Å². The first-order chi connectivity index (χ1) is 16.0. The Morgan fingerprint density at radius 1 is 0.818 bits per heavy atom. The highest BCUT2D eigenvalue weighted by molar-refractivity contribution is 6.39. The number of hydrogen-bond donors (Lipinski definition) is 1. The Hall–Kier alpha value is -3.28. The van der Waals surface area contributed by atoms with E-state index < -0.39 is 0 Å². The van der Waals surface area contributed by atoms with Crippen LogP contribution in [-0.4, -0.2) is 15.5 Å². The van der Waals surface area contributed by atoms with Crippen LogP contribution in [0.25, 0.3) is 0 Å². The molecule has 1 aromatic heterocycles. The zero-order valence-electron chi connectivity index (χ0n) is 17.7.